The van der Waals surface area contributed by atoms with E-state index in [-0.39, 0.29) is 0 Å². The summed E-state index contributed by atoms with van der Waals surface area (Å²) in [6, 6.07) is 22.6. The Morgan fingerprint density at radius 2 is 1.15 bits per heavy atom. The van der Waals surface area contributed by atoms with Gasteiger partial charge in [0.15, 0.2) is 0 Å². The summed E-state index contributed by atoms with van der Waals surface area (Å²) in [5, 5.41) is 0. The molecule has 1 saturated heterocycles. The van der Waals surface area contributed by atoms with E-state index in [4.69, 9.17) is 0 Å². The van der Waals surface area contributed by atoms with Crippen molar-refractivity contribution in [3.63, 3.8) is 0 Å². The first-order valence-corrected chi connectivity index (χ1v) is 7.59. The topological polar surface area (TPSA) is 3.24 Å². The molecule has 20 heavy (non-hydrogen) atoms. The van der Waals surface area contributed by atoms with Gasteiger partial charge in [-0.15, -0.1) is 0 Å². The highest BCUT2D eigenvalue weighted by Gasteiger charge is 2.35. The summed E-state index contributed by atoms with van der Waals surface area (Å²) < 4.78 is 0. The zero-order valence-electron chi connectivity index (χ0n) is 12.4. The average Bonchev–Trinajstić information content (AvgIpc) is 2.94. The van der Waals surface area contributed by atoms with Crippen molar-refractivity contribution in [2.24, 2.45) is 0 Å². The van der Waals surface area contributed by atoms with Gasteiger partial charge in [0.2, 0.25) is 0 Å². The Morgan fingerprint density at radius 3 is 1.50 bits per heavy atom. The molecule has 0 amide bonds. The summed E-state index contributed by atoms with van der Waals surface area (Å²) in [4.78, 5) is 2.61. The molecular formula is C19H23N. The van der Waals surface area contributed by atoms with Crippen molar-refractivity contribution in [3.8, 4) is 0 Å². The number of benzene rings is 2. The second-order valence-electron chi connectivity index (χ2n) is 6.08. The molecule has 0 bridgehead atoms. The quantitative estimate of drug-likeness (QED) is 0.800. The molecule has 0 radical (unpaired) electrons. The third-order valence-electron chi connectivity index (χ3n) is 4.53. The minimum absolute atomic E-state index is 0.612. The molecule has 1 aliphatic rings. The van der Waals surface area contributed by atoms with E-state index >= 15 is 0 Å². The van der Waals surface area contributed by atoms with E-state index in [0.717, 1.165) is 0 Å². The second-order valence-corrected chi connectivity index (χ2v) is 6.08. The van der Waals surface area contributed by atoms with Crippen LogP contribution in [-0.2, 0) is 0 Å². The van der Waals surface area contributed by atoms with E-state index in [1.54, 1.807) is 0 Å². The first kappa shape index (κ1) is 13.4. The number of nitrogens with zero attached hydrogens (tertiary/aromatic N) is 1. The average molecular weight is 265 g/mol. The van der Waals surface area contributed by atoms with E-state index in [9.17, 15) is 0 Å². The van der Waals surface area contributed by atoms with Crippen molar-refractivity contribution in [1.82, 2.24) is 4.90 Å². The van der Waals surface area contributed by atoms with Crippen molar-refractivity contribution in [2.75, 3.05) is 13.1 Å². The molecule has 1 fully saturated rings. The van der Waals surface area contributed by atoms with Crippen molar-refractivity contribution in [1.29, 1.82) is 0 Å². The zero-order chi connectivity index (χ0) is 13.9. The van der Waals surface area contributed by atoms with Crippen molar-refractivity contribution < 1.29 is 0 Å². The smallest absolute Gasteiger partial charge is 0.00596 e. The Balaban J connectivity index is 1.93. The van der Waals surface area contributed by atoms with Gasteiger partial charge in [0.1, 0.15) is 0 Å². The van der Waals surface area contributed by atoms with Crippen LogP contribution in [0.5, 0.6) is 0 Å². The second kappa shape index (κ2) is 5.80. The molecule has 104 valence electrons. The maximum atomic E-state index is 2.61. The SMILES string of the molecule is CC(C)N1C[C@H](c2ccccc2)[C@H](c2ccccc2)C1. The van der Waals surface area contributed by atoms with Gasteiger partial charge < -0.3 is 0 Å². The van der Waals surface area contributed by atoms with Crippen LogP contribution in [0.15, 0.2) is 60.7 Å². The van der Waals surface area contributed by atoms with Crippen LogP contribution in [0.25, 0.3) is 0 Å². The fourth-order valence-corrected chi connectivity index (χ4v) is 3.33. The molecule has 1 heteroatoms. The summed E-state index contributed by atoms with van der Waals surface area (Å²) in [5.74, 6) is 1.22. The van der Waals surface area contributed by atoms with E-state index in [1.165, 1.54) is 24.2 Å². The van der Waals surface area contributed by atoms with Gasteiger partial charge in [0, 0.05) is 31.0 Å². The molecule has 2 aromatic carbocycles. The Bertz CT molecular complexity index is 485. The minimum Gasteiger partial charge on any atom is -0.300 e. The Hall–Kier alpha value is -1.60. The van der Waals surface area contributed by atoms with Gasteiger partial charge >= 0.3 is 0 Å². The summed E-state index contributed by atoms with van der Waals surface area (Å²) in [6.45, 7) is 6.94. The van der Waals surface area contributed by atoms with E-state index in [0.29, 0.717) is 17.9 Å². The van der Waals surface area contributed by atoms with Gasteiger partial charge in [0.05, 0.1) is 0 Å². The van der Waals surface area contributed by atoms with Crippen molar-refractivity contribution >= 4 is 0 Å². The van der Waals surface area contributed by atoms with Crippen LogP contribution in [0.1, 0.15) is 36.8 Å². The van der Waals surface area contributed by atoms with Gasteiger partial charge in [-0.3, -0.25) is 4.90 Å². The van der Waals surface area contributed by atoms with Crippen LogP contribution in [0.2, 0.25) is 0 Å². The minimum atomic E-state index is 0.612. The molecule has 0 aromatic heterocycles. The lowest BCUT2D eigenvalue weighted by atomic mass is 9.84. The Labute approximate surface area is 122 Å². The third kappa shape index (κ3) is 2.64. The fourth-order valence-electron chi connectivity index (χ4n) is 3.33. The van der Waals surface area contributed by atoms with Crippen LogP contribution in [0.4, 0.5) is 0 Å². The van der Waals surface area contributed by atoms with Gasteiger partial charge in [-0.2, -0.15) is 0 Å². The van der Waals surface area contributed by atoms with Crippen molar-refractivity contribution in [2.45, 2.75) is 31.7 Å². The van der Waals surface area contributed by atoms with Gasteiger partial charge in [-0.05, 0) is 25.0 Å². The lowest BCUT2D eigenvalue weighted by Crippen LogP contribution is -2.28. The van der Waals surface area contributed by atoms with Crippen LogP contribution in [-0.4, -0.2) is 24.0 Å². The number of rotatable bonds is 3. The molecule has 3 rings (SSSR count). The van der Waals surface area contributed by atoms with Gasteiger partial charge in [-0.25, -0.2) is 0 Å². The van der Waals surface area contributed by atoms with E-state index in [2.05, 4.69) is 79.4 Å². The largest absolute Gasteiger partial charge is 0.300 e. The molecule has 0 N–H and O–H groups in total. The lowest BCUT2D eigenvalue weighted by Gasteiger charge is -2.20. The van der Waals surface area contributed by atoms with Gasteiger partial charge in [0.25, 0.3) is 0 Å². The molecule has 0 saturated carbocycles. The maximum absolute atomic E-state index is 2.61. The van der Waals surface area contributed by atoms with Crippen LogP contribution < -0.4 is 0 Å². The Morgan fingerprint density at radius 1 is 0.750 bits per heavy atom. The first-order chi connectivity index (χ1) is 9.75. The molecule has 0 unspecified atom stereocenters. The molecule has 1 aliphatic heterocycles. The number of hydrogen-bond acceptors (Lipinski definition) is 1. The molecule has 1 nitrogen and oxygen atoms in total. The maximum Gasteiger partial charge on any atom is 0.00596 e. The normalized spacial score (nSPS) is 23.4. The molecule has 2 aromatic rings. The number of likely N-dealkylation sites (tertiary alicyclic amines) is 1. The molecule has 0 aliphatic carbocycles. The van der Waals surface area contributed by atoms with E-state index in [1.807, 2.05) is 0 Å². The highest BCUT2D eigenvalue weighted by molar-refractivity contribution is 5.31. The standard InChI is InChI=1S/C19H23N/c1-15(2)20-13-18(16-9-5-3-6-10-16)19(14-20)17-11-7-4-8-12-17/h3-12,15,18-19H,13-14H2,1-2H3/t18-,19+. The number of hydrogen-bond donors (Lipinski definition) is 0. The summed E-state index contributed by atoms with van der Waals surface area (Å²) in [7, 11) is 0. The predicted molar refractivity (Wildman–Crippen MR) is 85.1 cm³/mol. The van der Waals surface area contributed by atoms with Gasteiger partial charge in [-0.1, -0.05) is 60.7 Å². The Kier molecular flexibility index (Phi) is 3.88. The first-order valence-electron chi connectivity index (χ1n) is 7.59. The summed E-state index contributed by atoms with van der Waals surface area (Å²) in [6.07, 6.45) is 0. The highest BCUT2D eigenvalue weighted by atomic mass is 15.2. The fraction of sp³-hybridized carbons (Fsp3) is 0.368. The molecular weight excluding hydrogens is 242 g/mol. The molecule has 2 atom stereocenters. The van der Waals surface area contributed by atoms with Crippen LogP contribution in [0, 0.1) is 0 Å². The molecule has 0 spiro atoms. The van der Waals surface area contributed by atoms with Crippen molar-refractivity contribution in [3.05, 3.63) is 71.8 Å². The summed E-state index contributed by atoms with van der Waals surface area (Å²) in [5.41, 5.74) is 2.95. The van der Waals surface area contributed by atoms with Crippen LogP contribution in [0.3, 0.4) is 0 Å². The zero-order valence-corrected chi connectivity index (χ0v) is 12.4. The van der Waals surface area contributed by atoms with E-state index < -0.39 is 0 Å². The molecule has 1 heterocycles. The van der Waals surface area contributed by atoms with Crippen LogP contribution >= 0.6 is 0 Å². The summed E-state index contributed by atoms with van der Waals surface area (Å²) >= 11 is 0. The monoisotopic (exact) mass is 265 g/mol. The predicted octanol–water partition coefficient (Wildman–Crippen LogP) is 4.28. The third-order valence-corrected chi connectivity index (χ3v) is 4.53. The highest BCUT2D eigenvalue weighted by Crippen LogP contribution is 2.40. The lowest BCUT2D eigenvalue weighted by molar-refractivity contribution is 0.270.